The number of aromatic amines is 1. The Morgan fingerprint density at radius 1 is 1.03 bits per heavy atom. The molecule has 0 aliphatic rings. The highest BCUT2D eigenvalue weighted by Crippen LogP contribution is 2.26. The number of hydrogen-bond donors (Lipinski definition) is 1. The van der Waals surface area contributed by atoms with Crippen molar-refractivity contribution < 1.29 is 0 Å². The summed E-state index contributed by atoms with van der Waals surface area (Å²) >= 11 is 0. The van der Waals surface area contributed by atoms with Crippen LogP contribution in [-0.2, 0) is 20.0 Å². The van der Waals surface area contributed by atoms with Gasteiger partial charge in [0.2, 0.25) is 0 Å². The van der Waals surface area contributed by atoms with E-state index in [9.17, 15) is 9.59 Å². The largest absolute Gasteiger partial charge is 0.329 e. The molecule has 0 fully saturated rings. The lowest BCUT2D eigenvalue weighted by Crippen LogP contribution is -2.29. The molecule has 0 aliphatic carbocycles. The van der Waals surface area contributed by atoms with E-state index in [1.54, 1.807) is 18.1 Å². The minimum absolute atomic E-state index is 0.391. The van der Waals surface area contributed by atoms with Crippen LogP contribution in [0.5, 0.6) is 0 Å². The van der Waals surface area contributed by atoms with Crippen LogP contribution in [0.15, 0.2) is 64.4 Å². The topological polar surface area (TPSA) is 116 Å². The van der Waals surface area contributed by atoms with Gasteiger partial charge in [0, 0.05) is 25.6 Å². The number of nitrogens with one attached hydrogen (secondary N) is 1. The Hall–Kier alpha value is -4.34. The van der Waals surface area contributed by atoms with E-state index in [0.717, 1.165) is 28.2 Å². The van der Waals surface area contributed by atoms with E-state index in [1.807, 2.05) is 60.0 Å². The lowest BCUT2D eigenvalue weighted by Gasteiger charge is -2.11. The van der Waals surface area contributed by atoms with Gasteiger partial charge in [0.1, 0.15) is 12.2 Å². The van der Waals surface area contributed by atoms with Crippen LogP contribution >= 0.6 is 0 Å². The maximum Gasteiger partial charge on any atom is 0.329 e. The Bertz CT molecular complexity index is 1530. The third-order valence-corrected chi connectivity index (χ3v) is 5.51. The summed E-state index contributed by atoms with van der Waals surface area (Å²) < 4.78 is 4.87. The van der Waals surface area contributed by atoms with Crippen molar-refractivity contribution in [2.75, 3.05) is 0 Å². The fourth-order valence-corrected chi connectivity index (χ4v) is 3.88. The highest BCUT2D eigenvalue weighted by Gasteiger charge is 2.16. The van der Waals surface area contributed by atoms with Crippen LogP contribution in [-0.4, -0.2) is 39.3 Å². The second kappa shape index (κ2) is 7.73. The quantitative estimate of drug-likeness (QED) is 0.455. The molecule has 32 heavy (non-hydrogen) atoms. The van der Waals surface area contributed by atoms with E-state index < -0.39 is 11.2 Å². The molecule has 2 aromatic carbocycles. The monoisotopic (exact) mass is 428 g/mol. The predicted octanol–water partition coefficient (Wildman–Crippen LogP) is 1.68. The third-order valence-electron chi connectivity index (χ3n) is 5.51. The number of H-pyrrole nitrogens is 1. The van der Waals surface area contributed by atoms with Crippen LogP contribution in [0, 0.1) is 0 Å². The molecule has 10 heteroatoms. The molecule has 0 saturated heterocycles. The number of nitrogens with zero attached hydrogens (tertiary/aromatic N) is 7. The van der Waals surface area contributed by atoms with E-state index in [4.69, 9.17) is 0 Å². The molecule has 1 N–H and O–H groups in total. The molecule has 0 spiro atoms. The van der Waals surface area contributed by atoms with Crippen molar-refractivity contribution in [2.24, 2.45) is 7.05 Å². The summed E-state index contributed by atoms with van der Waals surface area (Å²) in [5.41, 5.74) is 3.80. The number of aryl methyl sites for hydroxylation is 2. The number of tetrazole rings is 1. The number of rotatable bonds is 5. The van der Waals surface area contributed by atoms with Crippen LogP contribution in [0.3, 0.4) is 0 Å². The van der Waals surface area contributed by atoms with Crippen LogP contribution in [0.25, 0.3) is 28.0 Å². The molecule has 10 nitrogen and oxygen atoms in total. The molecule has 3 heterocycles. The molecule has 0 radical (unpaired) electrons. The zero-order valence-electron chi connectivity index (χ0n) is 17.6. The number of hydrogen-bond acceptors (Lipinski definition) is 6. The zero-order valence-corrected chi connectivity index (χ0v) is 17.6. The van der Waals surface area contributed by atoms with Gasteiger partial charge in [-0.3, -0.25) is 14.3 Å². The standard InChI is InChI=1S/C22H20N8O2/c1-3-18-24-20-19(21(31)25-22(32)28(20)2)29(18)12-14-8-10-15(11-9-14)16-6-4-5-7-17(16)30-13-23-26-27-30/h4-11,13H,3,12H2,1-2H3,(H,25,31,32). The first kappa shape index (κ1) is 19.6. The Balaban J connectivity index is 1.54. The second-order valence-electron chi connectivity index (χ2n) is 7.43. The van der Waals surface area contributed by atoms with Crippen LogP contribution in [0.2, 0.25) is 0 Å². The van der Waals surface area contributed by atoms with Gasteiger partial charge >= 0.3 is 5.69 Å². The first-order chi connectivity index (χ1) is 15.6. The Morgan fingerprint density at radius 2 is 1.81 bits per heavy atom. The van der Waals surface area contributed by atoms with Gasteiger partial charge in [-0.05, 0) is 27.6 Å². The minimum atomic E-state index is -0.472. The molecule has 0 aliphatic heterocycles. The Kier molecular flexibility index (Phi) is 4.74. The first-order valence-electron chi connectivity index (χ1n) is 10.2. The maximum absolute atomic E-state index is 12.5. The highest BCUT2D eigenvalue weighted by atomic mass is 16.2. The Labute approximate surface area is 181 Å². The number of para-hydroxylation sites is 1. The highest BCUT2D eigenvalue weighted by molar-refractivity contribution is 5.73. The van der Waals surface area contributed by atoms with Gasteiger partial charge in [-0.1, -0.05) is 49.4 Å². The van der Waals surface area contributed by atoms with Gasteiger partial charge in [-0.15, -0.1) is 5.10 Å². The summed E-state index contributed by atoms with van der Waals surface area (Å²) in [6.07, 6.45) is 2.20. The van der Waals surface area contributed by atoms with Crippen molar-refractivity contribution in [1.82, 2.24) is 39.3 Å². The van der Waals surface area contributed by atoms with Crippen LogP contribution in [0.1, 0.15) is 18.3 Å². The fraction of sp³-hybridized carbons (Fsp3) is 0.182. The predicted molar refractivity (Wildman–Crippen MR) is 119 cm³/mol. The number of imidazole rings is 1. The van der Waals surface area contributed by atoms with E-state index in [0.29, 0.717) is 24.1 Å². The van der Waals surface area contributed by atoms with Crippen molar-refractivity contribution in [1.29, 1.82) is 0 Å². The van der Waals surface area contributed by atoms with Crippen LogP contribution < -0.4 is 11.2 Å². The first-order valence-corrected chi connectivity index (χ1v) is 10.2. The second-order valence-corrected chi connectivity index (χ2v) is 7.43. The van der Waals surface area contributed by atoms with E-state index in [2.05, 4.69) is 25.5 Å². The molecule has 0 saturated carbocycles. The van der Waals surface area contributed by atoms with Crippen molar-refractivity contribution in [3.63, 3.8) is 0 Å². The number of fused-ring (bicyclic) bond motifs is 1. The molecule has 0 atom stereocenters. The van der Waals surface area contributed by atoms with Gasteiger partial charge in [0.05, 0.1) is 5.69 Å². The summed E-state index contributed by atoms with van der Waals surface area (Å²) in [4.78, 5) is 31.4. The number of aromatic nitrogens is 8. The van der Waals surface area contributed by atoms with Crippen molar-refractivity contribution in [2.45, 2.75) is 19.9 Å². The summed E-state index contributed by atoms with van der Waals surface area (Å²) in [6.45, 7) is 2.44. The molecule has 5 rings (SSSR count). The van der Waals surface area contributed by atoms with Gasteiger partial charge < -0.3 is 4.57 Å². The summed E-state index contributed by atoms with van der Waals surface area (Å²) in [7, 11) is 1.61. The fourth-order valence-electron chi connectivity index (χ4n) is 3.88. The summed E-state index contributed by atoms with van der Waals surface area (Å²) in [6, 6.07) is 16.0. The third kappa shape index (κ3) is 3.22. The van der Waals surface area contributed by atoms with Gasteiger partial charge in [-0.2, -0.15) is 4.68 Å². The molecule has 0 amide bonds. The average molecular weight is 428 g/mol. The van der Waals surface area contributed by atoms with Crippen molar-refractivity contribution in [3.05, 3.63) is 87.1 Å². The maximum atomic E-state index is 12.5. The smallest absolute Gasteiger partial charge is 0.318 e. The minimum Gasteiger partial charge on any atom is -0.318 e. The van der Waals surface area contributed by atoms with Gasteiger partial charge in [0.15, 0.2) is 11.2 Å². The van der Waals surface area contributed by atoms with Gasteiger partial charge in [0.25, 0.3) is 5.56 Å². The zero-order chi connectivity index (χ0) is 22.2. The van der Waals surface area contributed by atoms with Gasteiger partial charge in [-0.25, -0.2) is 9.78 Å². The number of benzene rings is 2. The molecule has 3 aromatic heterocycles. The van der Waals surface area contributed by atoms with E-state index >= 15 is 0 Å². The van der Waals surface area contributed by atoms with E-state index in [-0.39, 0.29) is 0 Å². The molecule has 5 aromatic rings. The Morgan fingerprint density at radius 3 is 2.53 bits per heavy atom. The SMILES string of the molecule is CCc1nc2c(c(=O)[nH]c(=O)n2C)n1Cc1ccc(-c2ccccc2-n2cnnn2)cc1. The molecular weight excluding hydrogens is 408 g/mol. The lowest BCUT2D eigenvalue weighted by atomic mass is 10.0. The van der Waals surface area contributed by atoms with E-state index in [1.165, 1.54) is 4.57 Å². The molecular formula is C22H20N8O2. The summed E-state index contributed by atoms with van der Waals surface area (Å²) in [5.74, 6) is 0.750. The molecule has 0 unspecified atom stereocenters. The lowest BCUT2D eigenvalue weighted by molar-refractivity contribution is 0.750. The molecule has 160 valence electrons. The van der Waals surface area contributed by atoms with Crippen molar-refractivity contribution in [3.8, 4) is 16.8 Å². The summed E-state index contributed by atoms with van der Waals surface area (Å²) in [5, 5.41) is 11.4. The molecule has 0 bridgehead atoms. The van der Waals surface area contributed by atoms with Crippen molar-refractivity contribution >= 4 is 11.2 Å². The average Bonchev–Trinajstić information content (AvgIpc) is 3.47. The van der Waals surface area contributed by atoms with Crippen LogP contribution in [0.4, 0.5) is 0 Å². The normalized spacial score (nSPS) is 11.3.